The summed E-state index contributed by atoms with van der Waals surface area (Å²) < 4.78 is 33.3. The second-order valence-electron chi connectivity index (χ2n) is 6.29. The smallest absolute Gasteiger partial charge is 0.234 e. The maximum Gasteiger partial charge on any atom is 0.234 e. The number of anilines is 1. The van der Waals surface area contributed by atoms with E-state index in [0.29, 0.717) is 6.54 Å². The van der Waals surface area contributed by atoms with E-state index < -0.39 is 9.84 Å². The molecule has 0 saturated heterocycles. The van der Waals surface area contributed by atoms with Gasteiger partial charge in [-0.2, -0.15) is 4.98 Å². The molecule has 4 aromatic rings. The van der Waals surface area contributed by atoms with Gasteiger partial charge in [0.15, 0.2) is 0 Å². The molecular weight excluding hydrogens is 499 g/mol. The quantitative estimate of drug-likeness (QED) is 0.348. The Morgan fingerprint density at radius 3 is 2.17 bits per heavy atom. The molecule has 0 atom stereocenters. The molecule has 0 aliphatic carbocycles. The number of oxazole rings is 1. The second-order valence-corrected chi connectivity index (χ2v) is 9.32. The van der Waals surface area contributed by atoms with Gasteiger partial charge in [0.1, 0.15) is 0 Å². The third kappa shape index (κ3) is 4.20. The largest absolute Gasteiger partial charge is 0.419 e. The van der Waals surface area contributed by atoms with Gasteiger partial charge >= 0.3 is 0 Å². The van der Waals surface area contributed by atoms with Gasteiger partial charge in [0, 0.05) is 10.1 Å². The predicted molar refractivity (Wildman–Crippen MR) is 120 cm³/mol. The molecule has 0 spiro atoms. The normalized spacial score (nSPS) is 11.3. The number of benzene rings is 3. The van der Waals surface area contributed by atoms with Crippen LogP contribution in [0.5, 0.6) is 0 Å². The van der Waals surface area contributed by atoms with Crippen LogP contribution in [0.25, 0.3) is 11.5 Å². The highest BCUT2D eigenvalue weighted by Gasteiger charge is 2.28. The SMILES string of the molecule is O=S(=O)(c1ccccc1)c1nc(-c2ccccc2I)oc1NCc1ccccc1. The summed E-state index contributed by atoms with van der Waals surface area (Å²) in [6.07, 6.45) is 0. The lowest BCUT2D eigenvalue weighted by atomic mass is 10.2. The first-order valence-corrected chi connectivity index (χ1v) is 11.5. The van der Waals surface area contributed by atoms with Gasteiger partial charge in [-0.25, -0.2) is 8.42 Å². The van der Waals surface area contributed by atoms with Crippen LogP contribution in [0.2, 0.25) is 0 Å². The topological polar surface area (TPSA) is 72.2 Å². The van der Waals surface area contributed by atoms with Gasteiger partial charge in [-0.15, -0.1) is 0 Å². The van der Waals surface area contributed by atoms with E-state index in [1.807, 2.05) is 54.6 Å². The van der Waals surface area contributed by atoms with Crippen molar-refractivity contribution < 1.29 is 12.8 Å². The Morgan fingerprint density at radius 2 is 1.48 bits per heavy atom. The monoisotopic (exact) mass is 516 g/mol. The Balaban J connectivity index is 1.79. The molecule has 5 nitrogen and oxygen atoms in total. The van der Waals surface area contributed by atoms with E-state index >= 15 is 0 Å². The van der Waals surface area contributed by atoms with Gasteiger partial charge in [-0.1, -0.05) is 60.7 Å². The molecule has 0 unspecified atom stereocenters. The fourth-order valence-corrected chi connectivity index (χ4v) is 4.76. The minimum atomic E-state index is -3.84. The number of rotatable bonds is 6. The first-order valence-electron chi connectivity index (χ1n) is 8.89. The number of halogens is 1. The zero-order chi connectivity index (χ0) is 20.3. The van der Waals surface area contributed by atoms with Gasteiger partial charge in [0.2, 0.25) is 26.6 Å². The van der Waals surface area contributed by atoms with Crippen LogP contribution in [0.1, 0.15) is 5.56 Å². The zero-order valence-corrected chi connectivity index (χ0v) is 18.2. The molecule has 29 heavy (non-hydrogen) atoms. The van der Waals surface area contributed by atoms with E-state index in [9.17, 15) is 8.42 Å². The summed E-state index contributed by atoms with van der Waals surface area (Å²) in [5.41, 5.74) is 1.74. The molecule has 0 saturated carbocycles. The molecule has 0 amide bonds. The minimum absolute atomic E-state index is 0.116. The van der Waals surface area contributed by atoms with Crippen molar-refractivity contribution in [1.29, 1.82) is 0 Å². The highest BCUT2D eigenvalue weighted by molar-refractivity contribution is 14.1. The molecule has 3 aromatic carbocycles. The highest BCUT2D eigenvalue weighted by atomic mass is 127. The highest BCUT2D eigenvalue weighted by Crippen LogP contribution is 2.34. The average molecular weight is 516 g/mol. The number of sulfone groups is 1. The molecule has 0 bridgehead atoms. The Hall–Kier alpha value is -2.65. The van der Waals surface area contributed by atoms with Crippen LogP contribution in [0, 0.1) is 3.57 Å². The third-order valence-electron chi connectivity index (χ3n) is 4.30. The summed E-state index contributed by atoms with van der Waals surface area (Å²) in [6.45, 7) is 0.415. The molecule has 4 rings (SSSR count). The number of nitrogens with zero attached hydrogens (tertiary/aromatic N) is 1. The van der Waals surface area contributed by atoms with Crippen molar-refractivity contribution in [2.24, 2.45) is 0 Å². The standard InChI is InChI=1S/C22H17IN2O3S/c23-19-14-8-7-13-18(19)20-25-22(29(26,27)17-11-5-2-6-12-17)21(28-20)24-15-16-9-3-1-4-10-16/h1-14,24H,15H2. The number of aromatic nitrogens is 1. The third-order valence-corrected chi connectivity index (χ3v) is 6.92. The Kier molecular flexibility index (Phi) is 5.68. The first-order chi connectivity index (χ1) is 14.1. The molecule has 146 valence electrons. The summed E-state index contributed by atoms with van der Waals surface area (Å²) in [7, 11) is -3.84. The number of hydrogen-bond donors (Lipinski definition) is 1. The number of hydrogen-bond acceptors (Lipinski definition) is 5. The molecule has 7 heteroatoms. The van der Waals surface area contributed by atoms with Crippen LogP contribution in [-0.2, 0) is 16.4 Å². The number of nitrogens with one attached hydrogen (secondary N) is 1. The van der Waals surface area contributed by atoms with Crippen molar-refractivity contribution in [3.05, 3.63) is 94.1 Å². The lowest BCUT2D eigenvalue weighted by molar-refractivity contribution is 0.576. The van der Waals surface area contributed by atoms with Crippen molar-refractivity contribution in [3.63, 3.8) is 0 Å². The van der Waals surface area contributed by atoms with Crippen molar-refractivity contribution in [2.45, 2.75) is 16.5 Å². The Morgan fingerprint density at radius 1 is 0.862 bits per heavy atom. The van der Waals surface area contributed by atoms with Gasteiger partial charge in [-0.05, 0) is 52.4 Å². The van der Waals surface area contributed by atoms with E-state index in [0.717, 1.165) is 14.7 Å². The maximum absolute atomic E-state index is 13.2. The molecule has 0 fully saturated rings. The lowest BCUT2D eigenvalue weighted by Crippen LogP contribution is -2.07. The van der Waals surface area contributed by atoms with Gasteiger partial charge in [0.05, 0.1) is 10.5 Å². The van der Waals surface area contributed by atoms with Gasteiger partial charge in [-0.3, -0.25) is 0 Å². The predicted octanol–water partition coefficient (Wildman–Crippen LogP) is 5.39. The van der Waals surface area contributed by atoms with E-state index in [1.165, 1.54) is 0 Å². The fourth-order valence-electron chi connectivity index (χ4n) is 2.84. The second kappa shape index (κ2) is 8.38. The van der Waals surface area contributed by atoms with Crippen LogP contribution in [0.15, 0.2) is 99.3 Å². The summed E-state index contributed by atoms with van der Waals surface area (Å²) >= 11 is 2.18. The van der Waals surface area contributed by atoms with E-state index in [1.54, 1.807) is 30.3 Å². The van der Waals surface area contributed by atoms with Crippen molar-refractivity contribution >= 4 is 38.3 Å². The van der Waals surface area contributed by atoms with E-state index in [2.05, 4.69) is 32.9 Å². The Bertz CT molecular complexity index is 1220. The van der Waals surface area contributed by atoms with Crippen LogP contribution < -0.4 is 5.32 Å². The van der Waals surface area contributed by atoms with E-state index in [4.69, 9.17) is 4.42 Å². The van der Waals surface area contributed by atoms with Crippen LogP contribution in [0.3, 0.4) is 0 Å². The van der Waals surface area contributed by atoms with Crippen molar-refractivity contribution in [1.82, 2.24) is 4.98 Å². The molecule has 0 radical (unpaired) electrons. The van der Waals surface area contributed by atoms with Crippen LogP contribution in [-0.4, -0.2) is 13.4 Å². The van der Waals surface area contributed by atoms with Crippen LogP contribution >= 0.6 is 22.6 Å². The molecular formula is C22H17IN2O3S. The molecule has 0 aliphatic rings. The van der Waals surface area contributed by atoms with Crippen LogP contribution in [0.4, 0.5) is 5.88 Å². The summed E-state index contributed by atoms with van der Waals surface area (Å²) in [5, 5.41) is 2.99. The molecule has 1 N–H and O–H groups in total. The first kappa shape index (κ1) is 19.7. The molecule has 1 aromatic heterocycles. The summed E-state index contributed by atoms with van der Waals surface area (Å²) in [6, 6.07) is 25.5. The van der Waals surface area contributed by atoms with Crippen molar-refractivity contribution in [2.75, 3.05) is 5.32 Å². The molecule has 0 aliphatic heterocycles. The average Bonchev–Trinajstić information content (AvgIpc) is 3.19. The minimum Gasteiger partial charge on any atom is -0.419 e. The van der Waals surface area contributed by atoms with E-state index in [-0.39, 0.29) is 21.7 Å². The van der Waals surface area contributed by atoms with Gasteiger partial charge < -0.3 is 9.73 Å². The summed E-state index contributed by atoms with van der Waals surface area (Å²) in [5.74, 6) is 0.396. The summed E-state index contributed by atoms with van der Waals surface area (Å²) in [4.78, 5) is 4.55. The Labute approximate surface area is 182 Å². The fraction of sp³-hybridized carbons (Fsp3) is 0.0455. The lowest BCUT2D eigenvalue weighted by Gasteiger charge is -2.06. The van der Waals surface area contributed by atoms with Crippen molar-refractivity contribution in [3.8, 4) is 11.5 Å². The van der Waals surface area contributed by atoms with Gasteiger partial charge in [0.25, 0.3) is 0 Å². The zero-order valence-electron chi connectivity index (χ0n) is 15.2. The molecule has 1 heterocycles. The maximum atomic E-state index is 13.2.